The van der Waals surface area contributed by atoms with Gasteiger partial charge in [-0.3, -0.25) is 9.59 Å². The van der Waals surface area contributed by atoms with E-state index >= 15 is 0 Å². The van der Waals surface area contributed by atoms with Crippen LogP contribution in [0.3, 0.4) is 0 Å². The summed E-state index contributed by atoms with van der Waals surface area (Å²) in [5.41, 5.74) is 0.595. The molecule has 2 atom stereocenters. The van der Waals surface area contributed by atoms with Gasteiger partial charge < -0.3 is 14.6 Å². The Labute approximate surface area is 125 Å². The van der Waals surface area contributed by atoms with E-state index < -0.39 is 0 Å². The lowest BCUT2D eigenvalue weighted by atomic mass is 9.96. The first kappa shape index (κ1) is 15.6. The second-order valence-corrected chi connectivity index (χ2v) is 5.80. The molecular weight excluding hydrogens is 268 g/mol. The van der Waals surface area contributed by atoms with Crippen LogP contribution in [0.4, 0.5) is 0 Å². The molecule has 1 aliphatic rings. The van der Waals surface area contributed by atoms with Gasteiger partial charge in [0.15, 0.2) is 0 Å². The summed E-state index contributed by atoms with van der Waals surface area (Å²) in [6, 6.07) is 1.88. The van der Waals surface area contributed by atoms with Crippen LogP contribution in [0.25, 0.3) is 0 Å². The molecule has 116 valence electrons. The van der Waals surface area contributed by atoms with E-state index in [1.165, 1.54) is 6.26 Å². The number of carbonyl (C=O) groups is 2. The maximum atomic E-state index is 12.5. The summed E-state index contributed by atoms with van der Waals surface area (Å²) in [7, 11) is 0. The summed E-state index contributed by atoms with van der Waals surface area (Å²) in [4.78, 5) is 26.4. The topological polar surface area (TPSA) is 62.6 Å². The third-order valence-corrected chi connectivity index (χ3v) is 4.17. The van der Waals surface area contributed by atoms with Gasteiger partial charge in [0.05, 0.1) is 17.7 Å². The first-order valence-corrected chi connectivity index (χ1v) is 7.66. The number of aryl methyl sites for hydroxylation is 1. The van der Waals surface area contributed by atoms with Crippen LogP contribution in [0.1, 0.15) is 49.2 Å². The molecule has 1 N–H and O–H groups in total. The molecule has 2 rings (SSSR count). The SMILES string of the molecule is CCC(C)NC(=O)C1CCCN(C(=O)c2ccoc2C)C1. The maximum absolute atomic E-state index is 12.5. The van der Waals surface area contributed by atoms with Crippen molar-refractivity contribution in [3.63, 3.8) is 0 Å². The number of rotatable bonds is 4. The van der Waals surface area contributed by atoms with Gasteiger partial charge in [-0.1, -0.05) is 6.92 Å². The van der Waals surface area contributed by atoms with E-state index in [1.54, 1.807) is 17.9 Å². The second kappa shape index (κ2) is 6.78. The molecule has 0 spiro atoms. The highest BCUT2D eigenvalue weighted by Gasteiger charge is 2.30. The highest BCUT2D eigenvalue weighted by molar-refractivity contribution is 5.95. The Kier molecular flexibility index (Phi) is 5.04. The van der Waals surface area contributed by atoms with Gasteiger partial charge in [-0.25, -0.2) is 0 Å². The van der Waals surface area contributed by atoms with Crippen molar-refractivity contribution in [2.45, 2.75) is 46.1 Å². The van der Waals surface area contributed by atoms with Crippen molar-refractivity contribution in [3.8, 4) is 0 Å². The standard InChI is InChI=1S/C16H24N2O3/c1-4-11(2)17-15(19)13-6-5-8-18(10-13)16(20)14-7-9-21-12(14)3/h7,9,11,13H,4-6,8,10H2,1-3H3,(H,17,19). The Balaban J connectivity index is 1.99. The zero-order valence-corrected chi connectivity index (χ0v) is 13.0. The fraction of sp³-hybridized carbons (Fsp3) is 0.625. The lowest BCUT2D eigenvalue weighted by Gasteiger charge is -2.32. The minimum atomic E-state index is -0.107. The lowest BCUT2D eigenvalue weighted by Crippen LogP contribution is -2.47. The summed E-state index contributed by atoms with van der Waals surface area (Å²) in [6.07, 6.45) is 4.15. The monoisotopic (exact) mass is 292 g/mol. The molecule has 5 nitrogen and oxygen atoms in total. The summed E-state index contributed by atoms with van der Waals surface area (Å²) in [5, 5.41) is 3.01. The zero-order chi connectivity index (χ0) is 15.4. The summed E-state index contributed by atoms with van der Waals surface area (Å²) < 4.78 is 5.19. The molecule has 1 aromatic rings. The molecule has 1 fully saturated rings. The smallest absolute Gasteiger partial charge is 0.257 e. The normalized spacial score (nSPS) is 20.1. The van der Waals surface area contributed by atoms with Crippen molar-refractivity contribution in [3.05, 3.63) is 23.7 Å². The molecule has 1 aromatic heterocycles. The minimum absolute atomic E-state index is 0.0395. The number of furan rings is 1. The van der Waals surface area contributed by atoms with Gasteiger partial charge in [0.2, 0.25) is 5.91 Å². The Morgan fingerprint density at radius 2 is 2.29 bits per heavy atom. The van der Waals surface area contributed by atoms with Crippen LogP contribution in [-0.2, 0) is 4.79 Å². The van der Waals surface area contributed by atoms with Gasteiger partial charge in [0, 0.05) is 19.1 Å². The molecule has 0 bridgehead atoms. The van der Waals surface area contributed by atoms with E-state index in [1.807, 2.05) is 13.8 Å². The lowest BCUT2D eigenvalue weighted by molar-refractivity contribution is -0.126. The fourth-order valence-electron chi connectivity index (χ4n) is 2.62. The van der Waals surface area contributed by atoms with Crippen LogP contribution < -0.4 is 5.32 Å². The summed E-state index contributed by atoms with van der Waals surface area (Å²) in [5.74, 6) is 0.545. The average Bonchev–Trinajstić information content (AvgIpc) is 2.92. The summed E-state index contributed by atoms with van der Waals surface area (Å²) >= 11 is 0. The molecule has 2 heterocycles. The minimum Gasteiger partial charge on any atom is -0.469 e. The van der Waals surface area contributed by atoms with Crippen LogP contribution in [-0.4, -0.2) is 35.8 Å². The van der Waals surface area contributed by atoms with Crippen LogP contribution in [0.15, 0.2) is 16.7 Å². The molecular formula is C16H24N2O3. The molecule has 2 unspecified atom stereocenters. The van der Waals surface area contributed by atoms with E-state index in [4.69, 9.17) is 4.42 Å². The van der Waals surface area contributed by atoms with Gasteiger partial charge in [-0.15, -0.1) is 0 Å². The van der Waals surface area contributed by atoms with Crippen molar-refractivity contribution in [2.75, 3.05) is 13.1 Å². The number of piperidine rings is 1. The van der Waals surface area contributed by atoms with Gasteiger partial charge in [0.1, 0.15) is 5.76 Å². The molecule has 0 saturated carbocycles. The largest absolute Gasteiger partial charge is 0.469 e. The number of amides is 2. The molecule has 1 saturated heterocycles. The number of nitrogens with one attached hydrogen (secondary N) is 1. The molecule has 0 radical (unpaired) electrons. The summed E-state index contributed by atoms with van der Waals surface area (Å²) in [6.45, 7) is 7.02. The van der Waals surface area contributed by atoms with Gasteiger partial charge in [-0.2, -0.15) is 0 Å². The van der Waals surface area contributed by atoms with Crippen LogP contribution in [0, 0.1) is 12.8 Å². The van der Waals surface area contributed by atoms with Crippen LogP contribution in [0.5, 0.6) is 0 Å². The van der Waals surface area contributed by atoms with Crippen molar-refractivity contribution in [1.29, 1.82) is 0 Å². The first-order chi connectivity index (χ1) is 10.0. The predicted molar refractivity (Wildman–Crippen MR) is 80.0 cm³/mol. The van der Waals surface area contributed by atoms with Crippen molar-refractivity contribution in [2.24, 2.45) is 5.92 Å². The molecule has 1 aliphatic heterocycles. The number of hydrogen-bond donors (Lipinski definition) is 1. The molecule has 0 aromatic carbocycles. The number of likely N-dealkylation sites (tertiary alicyclic amines) is 1. The Hall–Kier alpha value is -1.78. The van der Waals surface area contributed by atoms with Crippen LogP contribution in [0.2, 0.25) is 0 Å². The van der Waals surface area contributed by atoms with E-state index in [-0.39, 0.29) is 23.8 Å². The van der Waals surface area contributed by atoms with Gasteiger partial charge in [0.25, 0.3) is 5.91 Å². The third kappa shape index (κ3) is 3.65. The molecule has 5 heteroatoms. The van der Waals surface area contributed by atoms with E-state index in [2.05, 4.69) is 5.32 Å². The number of nitrogens with zero attached hydrogens (tertiary/aromatic N) is 1. The van der Waals surface area contributed by atoms with E-state index in [9.17, 15) is 9.59 Å². The number of hydrogen-bond acceptors (Lipinski definition) is 3. The second-order valence-electron chi connectivity index (χ2n) is 5.80. The first-order valence-electron chi connectivity index (χ1n) is 7.66. The molecule has 2 amide bonds. The van der Waals surface area contributed by atoms with Crippen molar-refractivity contribution >= 4 is 11.8 Å². The van der Waals surface area contributed by atoms with Gasteiger partial charge in [-0.05, 0) is 39.2 Å². The Bertz CT molecular complexity index is 509. The quantitative estimate of drug-likeness (QED) is 0.926. The van der Waals surface area contributed by atoms with Gasteiger partial charge >= 0.3 is 0 Å². The zero-order valence-electron chi connectivity index (χ0n) is 13.0. The third-order valence-electron chi connectivity index (χ3n) is 4.17. The number of carbonyl (C=O) groups excluding carboxylic acids is 2. The predicted octanol–water partition coefficient (Wildman–Crippen LogP) is 2.35. The highest BCUT2D eigenvalue weighted by atomic mass is 16.3. The Morgan fingerprint density at radius 3 is 2.90 bits per heavy atom. The van der Waals surface area contributed by atoms with Crippen molar-refractivity contribution < 1.29 is 14.0 Å². The maximum Gasteiger partial charge on any atom is 0.257 e. The fourth-order valence-corrected chi connectivity index (χ4v) is 2.62. The highest BCUT2D eigenvalue weighted by Crippen LogP contribution is 2.20. The van der Waals surface area contributed by atoms with E-state index in [0.717, 1.165) is 19.3 Å². The Morgan fingerprint density at radius 1 is 1.52 bits per heavy atom. The molecule has 21 heavy (non-hydrogen) atoms. The van der Waals surface area contributed by atoms with E-state index in [0.29, 0.717) is 24.4 Å². The molecule has 0 aliphatic carbocycles. The van der Waals surface area contributed by atoms with Crippen molar-refractivity contribution in [1.82, 2.24) is 10.2 Å². The van der Waals surface area contributed by atoms with Crippen LogP contribution >= 0.6 is 0 Å². The average molecular weight is 292 g/mol.